The van der Waals surface area contributed by atoms with Gasteiger partial charge >= 0.3 is 0 Å². The molecule has 6 nitrogen and oxygen atoms in total. The average molecular weight is 388 g/mol. The number of nitrogens with zero attached hydrogens (tertiary/aromatic N) is 2. The summed E-state index contributed by atoms with van der Waals surface area (Å²) >= 11 is 0. The van der Waals surface area contributed by atoms with Gasteiger partial charge in [-0.2, -0.15) is 0 Å². The smallest absolute Gasteiger partial charge is 0.247 e. The van der Waals surface area contributed by atoms with Gasteiger partial charge in [-0.3, -0.25) is 9.10 Å². The molecule has 1 amide bonds. The quantitative estimate of drug-likeness (QED) is 0.732. The maximum Gasteiger partial charge on any atom is 0.247 e. The van der Waals surface area contributed by atoms with E-state index in [0.717, 1.165) is 34.7 Å². The Bertz CT molecular complexity index is 910. The molecule has 1 heterocycles. The molecule has 0 saturated heterocycles. The maximum absolute atomic E-state index is 12.8. The number of hydrogen-bond donors (Lipinski definition) is 0. The third-order valence-electron chi connectivity index (χ3n) is 4.46. The van der Waals surface area contributed by atoms with Crippen molar-refractivity contribution in [1.82, 2.24) is 0 Å². The number of fused-ring (bicyclic) bond motifs is 1. The molecule has 2 aromatic rings. The second-order valence-corrected chi connectivity index (χ2v) is 8.44. The van der Waals surface area contributed by atoms with Gasteiger partial charge in [0.05, 0.1) is 18.6 Å². The number of anilines is 2. The van der Waals surface area contributed by atoms with Crippen molar-refractivity contribution in [3.05, 3.63) is 54.1 Å². The standard InChI is InChI=1S/C20H24N2O4S/c1-3-14-26-18-10-8-17(9-11-18)22(27(2,24)25)15-20(23)21-13-12-16-6-4-5-7-19(16)21/h4-11H,3,12-15H2,1-2H3. The van der Waals surface area contributed by atoms with Crippen molar-refractivity contribution in [1.29, 1.82) is 0 Å². The van der Waals surface area contributed by atoms with Gasteiger partial charge < -0.3 is 9.64 Å². The van der Waals surface area contributed by atoms with E-state index < -0.39 is 10.0 Å². The van der Waals surface area contributed by atoms with Gasteiger partial charge in [-0.15, -0.1) is 0 Å². The first-order valence-corrected chi connectivity index (χ1v) is 10.8. The Hall–Kier alpha value is -2.54. The van der Waals surface area contributed by atoms with E-state index in [2.05, 4.69) is 0 Å². The summed E-state index contributed by atoms with van der Waals surface area (Å²) in [5, 5.41) is 0. The fourth-order valence-corrected chi connectivity index (χ4v) is 3.98. The Balaban J connectivity index is 1.79. The average Bonchev–Trinajstić information content (AvgIpc) is 3.08. The predicted octanol–water partition coefficient (Wildman–Crippen LogP) is 2.83. The molecule has 0 fully saturated rings. The van der Waals surface area contributed by atoms with E-state index in [9.17, 15) is 13.2 Å². The lowest BCUT2D eigenvalue weighted by molar-refractivity contribution is -0.117. The highest BCUT2D eigenvalue weighted by atomic mass is 32.2. The number of amides is 1. The molecule has 1 aliphatic rings. The molecular formula is C20H24N2O4S. The van der Waals surface area contributed by atoms with Gasteiger partial charge in [-0.25, -0.2) is 8.42 Å². The maximum atomic E-state index is 12.8. The molecule has 0 aromatic heterocycles. The number of benzene rings is 2. The van der Waals surface area contributed by atoms with Crippen molar-refractivity contribution < 1.29 is 17.9 Å². The van der Waals surface area contributed by atoms with Gasteiger partial charge in [-0.05, 0) is 48.7 Å². The Morgan fingerprint density at radius 1 is 1.15 bits per heavy atom. The molecule has 144 valence electrons. The monoisotopic (exact) mass is 388 g/mol. The number of ether oxygens (including phenoxy) is 1. The molecule has 27 heavy (non-hydrogen) atoms. The number of carbonyl (C=O) groups is 1. The largest absolute Gasteiger partial charge is 0.494 e. The third-order valence-corrected chi connectivity index (χ3v) is 5.61. The molecule has 3 rings (SSSR count). The molecule has 0 N–H and O–H groups in total. The van der Waals surface area contributed by atoms with E-state index in [-0.39, 0.29) is 12.5 Å². The summed E-state index contributed by atoms with van der Waals surface area (Å²) in [5.74, 6) is 0.436. The second kappa shape index (κ2) is 8.00. The van der Waals surface area contributed by atoms with Crippen LogP contribution in [0.3, 0.4) is 0 Å². The highest BCUT2D eigenvalue weighted by molar-refractivity contribution is 7.92. The van der Waals surface area contributed by atoms with Crippen molar-refractivity contribution in [3.63, 3.8) is 0 Å². The summed E-state index contributed by atoms with van der Waals surface area (Å²) in [5.41, 5.74) is 2.41. The fraction of sp³-hybridized carbons (Fsp3) is 0.350. The molecule has 7 heteroatoms. The zero-order valence-electron chi connectivity index (χ0n) is 15.6. The molecule has 2 aromatic carbocycles. The van der Waals surface area contributed by atoms with Gasteiger partial charge in [-0.1, -0.05) is 25.1 Å². The van der Waals surface area contributed by atoms with Crippen LogP contribution in [0.15, 0.2) is 48.5 Å². The van der Waals surface area contributed by atoms with E-state index in [1.807, 2.05) is 31.2 Å². The summed E-state index contributed by atoms with van der Waals surface area (Å²) < 4.78 is 31.3. The number of carbonyl (C=O) groups excluding carboxylic acids is 1. The molecule has 0 bridgehead atoms. The lowest BCUT2D eigenvalue weighted by Gasteiger charge is -2.25. The zero-order valence-corrected chi connectivity index (χ0v) is 16.4. The SMILES string of the molecule is CCCOc1ccc(N(CC(=O)N2CCc3ccccc32)S(C)(=O)=O)cc1. The van der Waals surface area contributed by atoms with Crippen molar-refractivity contribution in [2.45, 2.75) is 19.8 Å². The Morgan fingerprint density at radius 3 is 2.52 bits per heavy atom. The van der Waals surface area contributed by atoms with Gasteiger partial charge in [0.15, 0.2) is 0 Å². The van der Waals surface area contributed by atoms with Crippen molar-refractivity contribution >= 4 is 27.3 Å². The first kappa shape index (κ1) is 19.2. The second-order valence-electron chi connectivity index (χ2n) is 6.54. The molecule has 0 unspecified atom stereocenters. The number of sulfonamides is 1. The summed E-state index contributed by atoms with van der Waals surface area (Å²) in [6.45, 7) is 2.95. The molecule has 1 aliphatic heterocycles. The normalized spacial score (nSPS) is 13.3. The Kier molecular flexibility index (Phi) is 5.70. The van der Waals surface area contributed by atoms with Crippen LogP contribution in [0.1, 0.15) is 18.9 Å². The number of para-hydroxylation sites is 1. The number of hydrogen-bond acceptors (Lipinski definition) is 4. The predicted molar refractivity (Wildman–Crippen MR) is 107 cm³/mol. The van der Waals surface area contributed by atoms with Crippen LogP contribution in [0.5, 0.6) is 5.75 Å². The van der Waals surface area contributed by atoms with E-state index >= 15 is 0 Å². The van der Waals surface area contributed by atoms with Crippen molar-refractivity contribution in [2.24, 2.45) is 0 Å². The van der Waals surface area contributed by atoms with E-state index in [0.29, 0.717) is 24.6 Å². The highest BCUT2D eigenvalue weighted by Gasteiger charge is 2.28. The van der Waals surface area contributed by atoms with Gasteiger partial charge in [0.2, 0.25) is 15.9 Å². The minimum absolute atomic E-state index is 0.234. The van der Waals surface area contributed by atoms with Gasteiger partial charge in [0.1, 0.15) is 12.3 Å². The summed E-state index contributed by atoms with van der Waals surface area (Å²) in [4.78, 5) is 14.5. The minimum atomic E-state index is -3.60. The van der Waals surface area contributed by atoms with E-state index in [4.69, 9.17) is 4.74 Å². The van der Waals surface area contributed by atoms with Crippen molar-refractivity contribution in [3.8, 4) is 5.75 Å². The van der Waals surface area contributed by atoms with Gasteiger partial charge in [0.25, 0.3) is 0 Å². The fourth-order valence-electron chi connectivity index (χ4n) is 3.13. The Labute approximate surface area is 160 Å². The topological polar surface area (TPSA) is 66.9 Å². The first-order valence-electron chi connectivity index (χ1n) is 8.99. The lowest BCUT2D eigenvalue weighted by Crippen LogP contribution is -2.42. The third kappa shape index (κ3) is 4.42. The molecule has 0 spiro atoms. The van der Waals surface area contributed by atoms with Crippen LogP contribution in [0.4, 0.5) is 11.4 Å². The molecular weight excluding hydrogens is 364 g/mol. The van der Waals surface area contributed by atoms with Crippen LogP contribution >= 0.6 is 0 Å². The molecule has 0 atom stereocenters. The Morgan fingerprint density at radius 2 is 1.85 bits per heavy atom. The molecule has 0 radical (unpaired) electrons. The van der Waals surface area contributed by atoms with E-state index in [1.54, 1.807) is 29.2 Å². The van der Waals surface area contributed by atoms with Crippen LogP contribution in [-0.4, -0.2) is 40.3 Å². The minimum Gasteiger partial charge on any atom is -0.494 e. The van der Waals surface area contributed by atoms with Crippen molar-refractivity contribution in [2.75, 3.05) is 35.2 Å². The van der Waals surface area contributed by atoms with Crippen LogP contribution in [0.2, 0.25) is 0 Å². The van der Waals surface area contributed by atoms with Crippen LogP contribution in [0.25, 0.3) is 0 Å². The molecule has 0 saturated carbocycles. The van der Waals surface area contributed by atoms with Crippen LogP contribution < -0.4 is 13.9 Å². The summed E-state index contributed by atoms with van der Waals surface area (Å²) in [7, 11) is -3.60. The van der Waals surface area contributed by atoms with E-state index in [1.165, 1.54) is 0 Å². The summed E-state index contributed by atoms with van der Waals surface area (Å²) in [6.07, 6.45) is 2.78. The van der Waals surface area contributed by atoms with Crippen LogP contribution in [0, 0.1) is 0 Å². The van der Waals surface area contributed by atoms with Gasteiger partial charge in [0, 0.05) is 12.2 Å². The summed E-state index contributed by atoms with van der Waals surface area (Å²) in [6, 6.07) is 14.5. The number of rotatable bonds is 7. The molecule has 0 aliphatic carbocycles. The first-order chi connectivity index (χ1) is 12.9. The van der Waals surface area contributed by atoms with Crippen LogP contribution in [-0.2, 0) is 21.2 Å². The zero-order chi connectivity index (χ0) is 19.4. The highest BCUT2D eigenvalue weighted by Crippen LogP contribution is 2.28. The lowest BCUT2D eigenvalue weighted by atomic mass is 10.2.